The first-order valence-electron chi connectivity index (χ1n) is 3.83. The zero-order valence-corrected chi connectivity index (χ0v) is 6.62. The highest BCUT2D eigenvalue weighted by molar-refractivity contribution is 6.43. The van der Waals surface area contributed by atoms with Gasteiger partial charge in [-0.2, -0.15) is 0 Å². The quantitative estimate of drug-likeness (QED) is 0.428. The van der Waals surface area contributed by atoms with Gasteiger partial charge in [-0.15, -0.1) is 0 Å². The minimum absolute atomic E-state index is 0.0190. The lowest BCUT2D eigenvalue weighted by molar-refractivity contribution is -0.113. The second-order valence-electron chi connectivity index (χ2n) is 2.89. The third-order valence-electron chi connectivity index (χ3n) is 2.16. The number of carbonyl (C=O) groups excluding carboxylic acids is 1. The number of amides is 1. The summed E-state index contributed by atoms with van der Waals surface area (Å²) < 4.78 is 13.1. The van der Waals surface area contributed by atoms with Crippen LogP contribution >= 0.6 is 0 Å². The molecule has 2 rings (SSSR count). The lowest BCUT2D eigenvalue weighted by atomic mass is 9.95. The first-order chi connectivity index (χ1) is 6.24. The van der Waals surface area contributed by atoms with Gasteiger partial charge in [0, 0.05) is 0 Å². The normalized spacial score (nSPS) is 29.5. The number of allylic oxidation sites excluding steroid dienone is 4. The molecule has 1 fully saturated rings. The van der Waals surface area contributed by atoms with Crippen molar-refractivity contribution in [2.45, 2.75) is 6.42 Å². The average molecular weight is 182 g/mol. The van der Waals surface area contributed by atoms with Crippen molar-refractivity contribution in [1.82, 2.24) is 5.32 Å². The van der Waals surface area contributed by atoms with Crippen molar-refractivity contribution in [2.24, 2.45) is 11.1 Å². The number of nitrogens with one attached hydrogen (secondary N) is 1. The van der Waals surface area contributed by atoms with Gasteiger partial charge in [-0.05, 0) is 12.5 Å². The van der Waals surface area contributed by atoms with Crippen LogP contribution in [-0.2, 0) is 4.79 Å². The van der Waals surface area contributed by atoms with Crippen LogP contribution in [0.1, 0.15) is 6.42 Å². The van der Waals surface area contributed by atoms with E-state index >= 15 is 0 Å². The summed E-state index contributed by atoms with van der Waals surface area (Å²) in [5, 5.41) is 13.7. The second-order valence-corrected chi connectivity index (χ2v) is 2.89. The van der Waals surface area contributed by atoms with Crippen molar-refractivity contribution in [3.8, 4) is 0 Å². The monoisotopic (exact) mass is 182 g/mol. The summed E-state index contributed by atoms with van der Waals surface area (Å²) in [7, 11) is 0. The van der Waals surface area contributed by atoms with Crippen molar-refractivity contribution in [3.63, 3.8) is 0 Å². The summed E-state index contributed by atoms with van der Waals surface area (Å²) in [4.78, 5) is 11.1. The Bertz CT molecular complexity index is 357. The van der Waals surface area contributed by atoms with Gasteiger partial charge in [-0.3, -0.25) is 4.79 Å². The molecule has 1 aliphatic heterocycles. The molecule has 68 valence electrons. The Morgan fingerprint density at radius 3 is 3.15 bits per heavy atom. The molecule has 0 radical (unpaired) electrons. The maximum absolute atomic E-state index is 13.1. The van der Waals surface area contributed by atoms with E-state index in [1.54, 1.807) is 6.08 Å². The van der Waals surface area contributed by atoms with E-state index in [1.807, 2.05) is 0 Å². The Hall–Kier alpha value is -1.65. The standard InChI is InChI=1S/C8H7FN2O2/c9-5-3-1-2-4-6(5)10-8(12)7(4)11-13/h1,3-4,13H,2H2,(H,10,12)/b11-7-. The molecule has 5 heteroatoms. The van der Waals surface area contributed by atoms with Crippen LogP contribution in [-0.4, -0.2) is 16.8 Å². The zero-order valence-electron chi connectivity index (χ0n) is 6.62. The molecule has 0 spiro atoms. The molecule has 0 aromatic heterocycles. The van der Waals surface area contributed by atoms with Crippen LogP contribution in [0.3, 0.4) is 0 Å². The van der Waals surface area contributed by atoms with E-state index in [0.29, 0.717) is 6.42 Å². The van der Waals surface area contributed by atoms with E-state index in [2.05, 4.69) is 10.5 Å². The van der Waals surface area contributed by atoms with Gasteiger partial charge in [-0.25, -0.2) is 4.39 Å². The fourth-order valence-electron chi connectivity index (χ4n) is 1.54. The fraction of sp³-hybridized carbons (Fsp3) is 0.250. The van der Waals surface area contributed by atoms with Gasteiger partial charge in [0.15, 0.2) is 5.71 Å². The molecule has 1 heterocycles. The fourth-order valence-corrected chi connectivity index (χ4v) is 1.54. The van der Waals surface area contributed by atoms with Crippen molar-refractivity contribution < 1.29 is 14.4 Å². The third kappa shape index (κ3) is 1.04. The largest absolute Gasteiger partial charge is 0.410 e. The van der Waals surface area contributed by atoms with Gasteiger partial charge >= 0.3 is 0 Å². The summed E-state index contributed by atoms with van der Waals surface area (Å²) >= 11 is 0. The Morgan fingerprint density at radius 1 is 1.69 bits per heavy atom. The molecule has 2 aliphatic rings. The third-order valence-corrected chi connectivity index (χ3v) is 2.16. The van der Waals surface area contributed by atoms with Gasteiger partial charge in [0.2, 0.25) is 0 Å². The lowest BCUT2D eigenvalue weighted by Crippen LogP contribution is -2.19. The highest BCUT2D eigenvalue weighted by Gasteiger charge is 2.37. The number of oxime groups is 1. The van der Waals surface area contributed by atoms with Crippen LogP contribution in [0.15, 0.2) is 28.8 Å². The molecule has 13 heavy (non-hydrogen) atoms. The van der Waals surface area contributed by atoms with E-state index in [9.17, 15) is 9.18 Å². The summed E-state index contributed by atoms with van der Waals surface area (Å²) in [5.74, 6) is -1.44. The van der Waals surface area contributed by atoms with Gasteiger partial charge in [0.25, 0.3) is 5.91 Å². The first-order valence-corrected chi connectivity index (χ1v) is 3.83. The van der Waals surface area contributed by atoms with E-state index in [4.69, 9.17) is 5.21 Å². The maximum atomic E-state index is 13.1. The Labute approximate surface area is 73.4 Å². The van der Waals surface area contributed by atoms with E-state index in [-0.39, 0.29) is 11.4 Å². The molecule has 1 aliphatic carbocycles. The Kier molecular flexibility index (Phi) is 1.65. The molecule has 0 aromatic carbocycles. The molecule has 0 saturated carbocycles. The lowest BCUT2D eigenvalue weighted by Gasteiger charge is -2.11. The summed E-state index contributed by atoms with van der Waals surface area (Å²) in [6.45, 7) is 0. The number of hydrogen-bond acceptors (Lipinski definition) is 3. The number of hydrogen-bond donors (Lipinski definition) is 2. The molecule has 1 unspecified atom stereocenters. The maximum Gasteiger partial charge on any atom is 0.274 e. The molecule has 1 atom stereocenters. The van der Waals surface area contributed by atoms with Gasteiger partial charge in [0.1, 0.15) is 5.83 Å². The van der Waals surface area contributed by atoms with Crippen LogP contribution in [0.5, 0.6) is 0 Å². The van der Waals surface area contributed by atoms with Gasteiger partial charge in [-0.1, -0.05) is 11.2 Å². The average Bonchev–Trinajstić information content (AvgIpc) is 2.43. The highest BCUT2D eigenvalue weighted by atomic mass is 19.1. The Morgan fingerprint density at radius 2 is 2.46 bits per heavy atom. The molecule has 0 aromatic rings. The predicted octanol–water partition coefficient (Wildman–Crippen LogP) is 0.704. The molecular formula is C8H7FN2O2. The second kappa shape index (κ2) is 2.69. The van der Waals surface area contributed by atoms with Gasteiger partial charge in [0.05, 0.1) is 11.6 Å². The SMILES string of the molecule is O=C1NC2=C(F)C=CCC2/C1=N/O. The molecular weight excluding hydrogens is 175 g/mol. The number of halogens is 1. The minimum atomic E-state index is -0.527. The van der Waals surface area contributed by atoms with Crippen molar-refractivity contribution in [3.05, 3.63) is 23.7 Å². The minimum Gasteiger partial charge on any atom is -0.410 e. The van der Waals surface area contributed by atoms with Crippen LogP contribution < -0.4 is 5.32 Å². The predicted molar refractivity (Wildman–Crippen MR) is 42.7 cm³/mol. The van der Waals surface area contributed by atoms with E-state index in [0.717, 1.165) is 0 Å². The van der Waals surface area contributed by atoms with E-state index in [1.165, 1.54) is 6.08 Å². The number of rotatable bonds is 0. The topological polar surface area (TPSA) is 61.7 Å². The first kappa shape index (κ1) is 7.97. The summed E-state index contributed by atoms with van der Waals surface area (Å²) in [6.07, 6.45) is 3.39. The molecule has 0 bridgehead atoms. The molecule has 1 saturated heterocycles. The summed E-state index contributed by atoms with van der Waals surface area (Å²) in [5.41, 5.74) is 0.190. The van der Waals surface area contributed by atoms with Crippen molar-refractivity contribution >= 4 is 11.6 Å². The van der Waals surface area contributed by atoms with Crippen LogP contribution in [0.2, 0.25) is 0 Å². The van der Waals surface area contributed by atoms with Crippen LogP contribution in [0.25, 0.3) is 0 Å². The molecule has 4 nitrogen and oxygen atoms in total. The van der Waals surface area contributed by atoms with Crippen molar-refractivity contribution in [1.29, 1.82) is 0 Å². The molecule has 2 N–H and O–H groups in total. The number of fused-ring (bicyclic) bond motifs is 1. The Balaban J connectivity index is 2.46. The smallest absolute Gasteiger partial charge is 0.274 e. The zero-order chi connectivity index (χ0) is 9.42. The summed E-state index contributed by atoms with van der Waals surface area (Å²) in [6, 6.07) is 0. The highest BCUT2D eigenvalue weighted by Crippen LogP contribution is 2.29. The number of nitrogens with zero attached hydrogens (tertiary/aromatic N) is 1. The van der Waals surface area contributed by atoms with Gasteiger partial charge < -0.3 is 10.5 Å². The van der Waals surface area contributed by atoms with Crippen molar-refractivity contribution in [2.75, 3.05) is 0 Å². The molecule has 1 amide bonds. The van der Waals surface area contributed by atoms with Crippen LogP contribution in [0, 0.1) is 5.92 Å². The number of carbonyl (C=O) groups is 1. The van der Waals surface area contributed by atoms with Crippen LogP contribution in [0.4, 0.5) is 4.39 Å². The van der Waals surface area contributed by atoms with E-state index < -0.39 is 17.7 Å².